The van der Waals surface area contributed by atoms with E-state index in [0.29, 0.717) is 43.9 Å². The second-order valence-corrected chi connectivity index (χ2v) is 8.78. The zero-order valence-corrected chi connectivity index (χ0v) is 16.4. The average Bonchev–Trinajstić information content (AvgIpc) is 3.45. The van der Waals surface area contributed by atoms with Crippen molar-refractivity contribution in [3.63, 3.8) is 0 Å². The Balaban J connectivity index is 1.35. The third-order valence-electron chi connectivity index (χ3n) is 5.00. The van der Waals surface area contributed by atoms with Gasteiger partial charge in [0.2, 0.25) is 10.0 Å². The Kier molecular flexibility index (Phi) is 5.45. The van der Waals surface area contributed by atoms with Crippen LogP contribution < -0.4 is 5.32 Å². The Morgan fingerprint density at radius 2 is 2.10 bits per heavy atom. The minimum atomic E-state index is -3.53. The number of piperidine rings is 1. The zero-order valence-electron chi connectivity index (χ0n) is 15.6. The van der Waals surface area contributed by atoms with Gasteiger partial charge in [-0.2, -0.15) is 9.40 Å². The molecule has 0 spiro atoms. The number of carbonyl (C=O) groups is 1. The number of rotatable bonds is 6. The third kappa shape index (κ3) is 4.22. The molecule has 0 atom stereocenters. The molecule has 1 fully saturated rings. The van der Waals surface area contributed by atoms with Gasteiger partial charge in [0.05, 0.1) is 12.8 Å². The van der Waals surface area contributed by atoms with Crippen molar-refractivity contribution < 1.29 is 17.6 Å². The molecule has 3 aromatic heterocycles. The van der Waals surface area contributed by atoms with Gasteiger partial charge in [-0.1, -0.05) is 0 Å². The van der Waals surface area contributed by atoms with Gasteiger partial charge in [0.1, 0.15) is 16.3 Å². The van der Waals surface area contributed by atoms with Crippen LogP contribution in [0.4, 0.5) is 0 Å². The van der Waals surface area contributed by atoms with Gasteiger partial charge in [-0.15, -0.1) is 0 Å². The lowest BCUT2D eigenvalue weighted by molar-refractivity contribution is 0.0943. The van der Waals surface area contributed by atoms with E-state index in [0.717, 1.165) is 5.69 Å². The first-order valence-corrected chi connectivity index (χ1v) is 10.7. The molecule has 29 heavy (non-hydrogen) atoms. The highest BCUT2D eigenvalue weighted by atomic mass is 32.2. The van der Waals surface area contributed by atoms with Crippen molar-refractivity contribution in [1.29, 1.82) is 0 Å². The molecule has 4 heterocycles. The first-order valence-electron chi connectivity index (χ1n) is 9.30. The first kappa shape index (κ1) is 19.3. The van der Waals surface area contributed by atoms with E-state index in [9.17, 15) is 13.2 Å². The van der Waals surface area contributed by atoms with E-state index in [2.05, 4.69) is 20.5 Å². The summed E-state index contributed by atoms with van der Waals surface area (Å²) in [5.41, 5.74) is 1.14. The lowest BCUT2D eigenvalue weighted by Gasteiger charge is -2.30. The number of H-pyrrole nitrogens is 1. The summed E-state index contributed by atoms with van der Waals surface area (Å²) in [5, 5.41) is 9.78. The summed E-state index contributed by atoms with van der Waals surface area (Å²) in [6.45, 7) is 1.10. The predicted octanol–water partition coefficient (Wildman–Crippen LogP) is 1.90. The Morgan fingerprint density at radius 1 is 1.28 bits per heavy atom. The van der Waals surface area contributed by atoms with Gasteiger partial charge < -0.3 is 9.73 Å². The Labute approximate surface area is 168 Å². The zero-order chi connectivity index (χ0) is 20.3. The molecule has 152 valence electrons. The van der Waals surface area contributed by atoms with Gasteiger partial charge in [-0.3, -0.25) is 14.9 Å². The molecule has 4 rings (SSSR count). The van der Waals surface area contributed by atoms with Crippen LogP contribution in [0.15, 0.2) is 58.3 Å². The van der Waals surface area contributed by atoms with Gasteiger partial charge in [-0.25, -0.2) is 8.42 Å². The number of nitrogens with one attached hydrogen (secondary N) is 2. The van der Waals surface area contributed by atoms with E-state index in [1.165, 1.54) is 10.5 Å². The van der Waals surface area contributed by atoms with Crippen LogP contribution in [-0.4, -0.2) is 46.9 Å². The Bertz CT molecular complexity index is 1060. The molecular weight excluding hydrogens is 394 g/mol. The largest absolute Gasteiger partial charge is 0.467 e. The summed E-state index contributed by atoms with van der Waals surface area (Å²) in [6.07, 6.45) is 5.76. The average molecular weight is 415 g/mol. The van der Waals surface area contributed by atoms with E-state index in [1.807, 2.05) is 0 Å². The van der Waals surface area contributed by atoms with Crippen LogP contribution in [0.1, 0.15) is 40.7 Å². The fourth-order valence-electron chi connectivity index (χ4n) is 3.39. The highest BCUT2D eigenvalue weighted by Crippen LogP contribution is 2.29. The molecule has 0 saturated carbocycles. The summed E-state index contributed by atoms with van der Waals surface area (Å²) >= 11 is 0. The van der Waals surface area contributed by atoms with Gasteiger partial charge >= 0.3 is 0 Å². The van der Waals surface area contributed by atoms with Crippen molar-refractivity contribution in [2.75, 3.05) is 13.1 Å². The maximum Gasteiger partial charge on any atom is 0.272 e. The SMILES string of the molecule is O=C(NCc1ccco1)c1cc(C2CCN(S(=O)(=O)c3cccnc3)CC2)[nH]n1. The number of carbonyl (C=O) groups excluding carboxylic acids is 1. The highest BCUT2D eigenvalue weighted by molar-refractivity contribution is 7.89. The van der Waals surface area contributed by atoms with Crippen molar-refractivity contribution in [2.24, 2.45) is 0 Å². The standard InChI is InChI=1S/C19H21N5O4S/c25-19(21-12-15-3-2-10-28-15)18-11-17(22-23-18)14-5-8-24(9-6-14)29(26,27)16-4-1-7-20-13-16/h1-4,7,10-11,13-14H,5-6,8-9,12H2,(H,21,25)(H,22,23). The number of aromatic nitrogens is 3. The van der Waals surface area contributed by atoms with Crippen LogP contribution in [0, 0.1) is 0 Å². The van der Waals surface area contributed by atoms with Crippen LogP contribution in [0.5, 0.6) is 0 Å². The summed E-state index contributed by atoms with van der Waals surface area (Å²) in [4.78, 5) is 16.3. The van der Waals surface area contributed by atoms with Gasteiger partial charge in [0, 0.05) is 37.1 Å². The molecule has 0 aromatic carbocycles. The minimum Gasteiger partial charge on any atom is -0.467 e. The molecule has 3 aromatic rings. The maximum atomic E-state index is 12.7. The lowest BCUT2D eigenvalue weighted by Crippen LogP contribution is -2.38. The summed E-state index contributed by atoms with van der Waals surface area (Å²) < 4.78 is 32.1. The van der Waals surface area contributed by atoms with E-state index < -0.39 is 10.0 Å². The molecule has 0 radical (unpaired) electrons. The number of hydrogen-bond acceptors (Lipinski definition) is 6. The van der Waals surface area contributed by atoms with Crippen molar-refractivity contribution in [2.45, 2.75) is 30.2 Å². The number of furan rings is 1. The van der Waals surface area contributed by atoms with Crippen LogP contribution >= 0.6 is 0 Å². The topological polar surface area (TPSA) is 121 Å². The quantitative estimate of drug-likeness (QED) is 0.634. The van der Waals surface area contributed by atoms with E-state index in [-0.39, 0.29) is 16.7 Å². The minimum absolute atomic E-state index is 0.120. The number of hydrogen-bond donors (Lipinski definition) is 2. The summed E-state index contributed by atoms with van der Waals surface area (Å²) in [6, 6.07) is 8.44. The number of aromatic amines is 1. The fraction of sp³-hybridized carbons (Fsp3) is 0.316. The molecule has 0 bridgehead atoms. The summed E-state index contributed by atoms with van der Waals surface area (Å²) in [7, 11) is -3.53. The van der Waals surface area contributed by atoms with Gasteiger partial charge in [-0.05, 0) is 43.2 Å². The molecule has 10 heteroatoms. The molecule has 1 saturated heterocycles. The molecule has 2 N–H and O–H groups in total. The smallest absolute Gasteiger partial charge is 0.272 e. The predicted molar refractivity (Wildman–Crippen MR) is 103 cm³/mol. The van der Waals surface area contributed by atoms with Crippen molar-refractivity contribution in [3.05, 3.63) is 66.1 Å². The highest BCUT2D eigenvalue weighted by Gasteiger charge is 2.31. The number of sulfonamides is 1. The van der Waals surface area contributed by atoms with Crippen LogP contribution in [0.2, 0.25) is 0 Å². The molecule has 0 unspecified atom stereocenters. The monoisotopic (exact) mass is 415 g/mol. The normalized spacial score (nSPS) is 16.0. The number of nitrogens with zero attached hydrogens (tertiary/aromatic N) is 3. The first-order chi connectivity index (χ1) is 14.0. The van der Waals surface area contributed by atoms with Crippen molar-refractivity contribution in [1.82, 2.24) is 24.8 Å². The summed E-state index contributed by atoms with van der Waals surface area (Å²) in [5.74, 6) is 0.492. The molecule has 1 aliphatic heterocycles. The molecular formula is C19H21N5O4S. The van der Waals surface area contributed by atoms with E-state index in [4.69, 9.17) is 4.42 Å². The van der Waals surface area contributed by atoms with E-state index >= 15 is 0 Å². The molecule has 9 nitrogen and oxygen atoms in total. The Morgan fingerprint density at radius 3 is 2.79 bits per heavy atom. The van der Waals surface area contributed by atoms with Crippen molar-refractivity contribution in [3.8, 4) is 0 Å². The number of amides is 1. The fourth-order valence-corrected chi connectivity index (χ4v) is 4.82. The lowest BCUT2D eigenvalue weighted by atomic mass is 9.94. The number of pyridine rings is 1. The maximum absolute atomic E-state index is 12.7. The third-order valence-corrected chi connectivity index (χ3v) is 6.88. The van der Waals surface area contributed by atoms with Gasteiger partial charge in [0.15, 0.2) is 0 Å². The Hall–Kier alpha value is -2.98. The van der Waals surface area contributed by atoms with E-state index in [1.54, 1.807) is 42.8 Å². The van der Waals surface area contributed by atoms with Crippen LogP contribution in [0.25, 0.3) is 0 Å². The second kappa shape index (κ2) is 8.18. The molecule has 1 amide bonds. The van der Waals surface area contributed by atoms with Crippen LogP contribution in [-0.2, 0) is 16.6 Å². The molecule has 1 aliphatic rings. The second-order valence-electron chi connectivity index (χ2n) is 6.84. The van der Waals surface area contributed by atoms with Gasteiger partial charge in [0.25, 0.3) is 5.91 Å². The van der Waals surface area contributed by atoms with Crippen LogP contribution in [0.3, 0.4) is 0 Å². The molecule has 0 aliphatic carbocycles. The van der Waals surface area contributed by atoms with Crippen molar-refractivity contribution >= 4 is 15.9 Å².